The van der Waals surface area contributed by atoms with Crippen LogP contribution in [0.1, 0.15) is 64.5 Å². The van der Waals surface area contributed by atoms with E-state index in [4.69, 9.17) is 0 Å². The van der Waals surface area contributed by atoms with Gasteiger partial charge in [-0.15, -0.1) is 0 Å². The summed E-state index contributed by atoms with van der Waals surface area (Å²) < 4.78 is 28.9. The molecule has 4 nitrogen and oxygen atoms in total. The molecule has 0 bridgehead atoms. The normalized spacial score (nSPS) is 29.5. The first-order valence-corrected chi connectivity index (χ1v) is 13.2. The molecule has 0 amide bonds. The Morgan fingerprint density at radius 3 is 2.31 bits per heavy atom. The first kappa shape index (κ1) is 23.5. The average Bonchev–Trinajstić information content (AvgIpc) is 2.73. The lowest BCUT2D eigenvalue weighted by Crippen LogP contribution is -2.56. The molecule has 3 atom stereocenters. The van der Waals surface area contributed by atoms with Crippen LogP contribution >= 0.6 is 0 Å². The zero-order chi connectivity index (χ0) is 23.2. The molecule has 1 saturated carbocycles. The lowest BCUT2D eigenvalue weighted by atomic mass is 9.57. The number of nitrogens with zero attached hydrogens (tertiary/aromatic N) is 1. The lowest BCUT2D eigenvalue weighted by Gasteiger charge is -2.54. The van der Waals surface area contributed by atoms with E-state index in [1.807, 2.05) is 37.3 Å². The van der Waals surface area contributed by atoms with Gasteiger partial charge in [0.2, 0.25) is 10.0 Å². The van der Waals surface area contributed by atoms with Gasteiger partial charge in [-0.25, -0.2) is 8.42 Å². The SMILES string of the molecule is CC(C)(C)c1ccc(S(=O)(=O)N2CC[C@H]3C[C@@](C)(O)CCC3(Cc3ccccc3)C2)cc1. The zero-order valence-corrected chi connectivity index (χ0v) is 20.7. The van der Waals surface area contributed by atoms with Crippen molar-refractivity contribution in [3.8, 4) is 0 Å². The van der Waals surface area contributed by atoms with Crippen molar-refractivity contribution < 1.29 is 13.5 Å². The summed E-state index contributed by atoms with van der Waals surface area (Å²) in [6, 6.07) is 17.8. The van der Waals surface area contributed by atoms with Crippen molar-refractivity contribution in [2.24, 2.45) is 11.3 Å². The molecule has 1 heterocycles. The smallest absolute Gasteiger partial charge is 0.243 e. The minimum absolute atomic E-state index is 0.0145. The van der Waals surface area contributed by atoms with Crippen molar-refractivity contribution in [2.45, 2.75) is 75.7 Å². The van der Waals surface area contributed by atoms with Gasteiger partial charge in [-0.05, 0) is 79.0 Å². The van der Waals surface area contributed by atoms with E-state index in [2.05, 4.69) is 32.9 Å². The Labute approximate surface area is 193 Å². The number of fused-ring (bicyclic) bond motifs is 1. The van der Waals surface area contributed by atoms with Crippen LogP contribution in [0, 0.1) is 11.3 Å². The van der Waals surface area contributed by atoms with Gasteiger partial charge in [-0.1, -0.05) is 63.2 Å². The van der Waals surface area contributed by atoms with Crippen molar-refractivity contribution in [3.63, 3.8) is 0 Å². The molecule has 0 spiro atoms. The van der Waals surface area contributed by atoms with E-state index in [0.717, 1.165) is 31.2 Å². The fourth-order valence-corrected chi connectivity index (χ4v) is 7.24. The second-order valence-electron chi connectivity index (χ2n) is 11.3. The maximum Gasteiger partial charge on any atom is 0.243 e. The van der Waals surface area contributed by atoms with E-state index in [9.17, 15) is 13.5 Å². The predicted octanol–water partition coefficient (Wildman–Crippen LogP) is 5.16. The topological polar surface area (TPSA) is 57.6 Å². The van der Waals surface area contributed by atoms with Gasteiger partial charge in [-0.2, -0.15) is 4.31 Å². The predicted molar refractivity (Wildman–Crippen MR) is 129 cm³/mol. The minimum Gasteiger partial charge on any atom is -0.390 e. The molecule has 174 valence electrons. The van der Waals surface area contributed by atoms with E-state index in [1.165, 1.54) is 5.56 Å². The molecule has 32 heavy (non-hydrogen) atoms. The number of rotatable bonds is 4. The fraction of sp³-hybridized carbons (Fsp3) is 0.556. The monoisotopic (exact) mass is 455 g/mol. The molecule has 4 rings (SSSR count). The van der Waals surface area contributed by atoms with Crippen LogP contribution in [0.3, 0.4) is 0 Å². The summed E-state index contributed by atoms with van der Waals surface area (Å²) in [7, 11) is -3.56. The lowest BCUT2D eigenvalue weighted by molar-refractivity contribution is -0.0798. The van der Waals surface area contributed by atoms with E-state index >= 15 is 0 Å². The standard InChI is InChI=1S/C27H37NO3S/c1-25(2,3)22-10-12-24(13-11-22)32(30,31)28-17-14-23-19-26(4,29)15-16-27(23,20-28)18-21-8-6-5-7-9-21/h5-13,23,29H,14-20H2,1-4H3/t23-,26-,27?/m0/s1. The van der Waals surface area contributed by atoms with Crippen LogP contribution in [-0.4, -0.2) is 36.5 Å². The fourth-order valence-electron chi connectivity index (χ4n) is 5.69. The highest BCUT2D eigenvalue weighted by atomic mass is 32.2. The van der Waals surface area contributed by atoms with Crippen LogP contribution in [0.2, 0.25) is 0 Å². The molecule has 0 radical (unpaired) electrons. The Kier molecular flexibility index (Phi) is 6.06. The highest BCUT2D eigenvalue weighted by Crippen LogP contribution is 2.52. The van der Waals surface area contributed by atoms with Crippen LogP contribution in [-0.2, 0) is 21.9 Å². The maximum absolute atomic E-state index is 13.6. The number of piperidine rings is 1. The molecule has 5 heteroatoms. The number of hydrogen-bond donors (Lipinski definition) is 1. The molecule has 1 aliphatic carbocycles. The van der Waals surface area contributed by atoms with Gasteiger partial charge < -0.3 is 5.11 Å². The quantitative estimate of drug-likeness (QED) is 0.693. The van der Waals surface area contributed by atoms with Crippen LogP contribution in [0.4, 0.5) is 0 Å². The minimum atomic E-state index is -3.56. The summed E-state index contributed by atoms with van der Waals surface area (Å²) in [6.07, 6.45) is 3.94. The van der Waals surface area contributed by atoms with Crippen LogP contribution in [0.25, 0.3) is 0 Å². The molecule has 2 fully saturated rings. The molecule has 1 aliphatic heterocycles. The molecule has 1 saturated heterocycles. The average molecular weight is 456 g/mol. The highest BCUT2D eigenvalue weighted by molar-refractivity contribution is 7.89. The molecular formula is C27H37NO3S. The van der Waals surface area contributed by atoms with Gasteiger partial charge >= 0.3 is 0 Å². The molecule has 2 aromatic rings. The molecule has 1 unspecified atom stereocenters. The zero-order valence-electron chi connectivity index (χ0n) is 19.8. The van der Waals surface area contributed by atoms with E-state index < -0.39 is 15.6 Å². The summed E-state index contributed by atoms with van der Waals surface area (Å²) in [5.74, 6) is 0.321. The second-order valence-corrected chi connectivity index (χ2v) is 13.3. The van der Waals surface area contributed by atoms with Crippen LogP contribution in [0.15, 0.2) is 59.5 Å². The second kappa shape index (κ2) is 8.27. The number of aliphatic hydroxyl groups is 1. The van der Waals surface area contributed by atoms with Gasteiger partial charge in [0.05, 0.1) is 10.5 Å². The number of benzene rings is 2. The Balaban J connectivity index is 1.63. The van der Waals surface area contributed by atoms with E-state index in [0.29, 0.717) is 30.3 Å². The summed E-state index contributed by atoms with van der Waals surface area (Å²) in [5.41, 5.74) is 1.56. The molecule has 2 aliphatic rings. The van der Waals surface area contributed by atoms with Gasteiger partial charge in [0, 0.05) is 13.1 Å². The van der Waals surface area contributed by atoms with Crippen molar-refractivity contribution in [2.75, 3.05) is 13.1 Å². The largest absolute Gasteiger partial charge is 0.390 e. The Bertz CT molecular complexity index is 1040. The highest BCUT2D eigenvalue weighted by Gasteiger charge is 2.51. The van der Waals surface area contributed by atoms with E-state index in [-0.39, 0.29) is 10.8 Å². The molecule has 1 N–H and O–H groups in total. The van der Waals surface area contributed by atoms with Crippen LogP contribution < -0.4 is 0 Å². The third-order valence-electron chi connectivity index (χ3n) is 7.69. The van der Waals surface area contributed by atoms with Crippen molar-refractivity contribution in [1.82, 2.24) is 4.31 Å². The summed E-state index contributed by atoms with van der Waals surface area (Å²) in [4.78, 5) is 0.376. The van der Waals surface area contributed by atoms with Gasteiger partial charge in [0.25, 0.3) is 0 Å². The third-order valence-corrected chi connectivity index (χ3v) is 9.55. The molecular weight excluding hydrogens is 418 g/mol. The van der Waals surface area contributed by atoms with Gasteiger partial charge in [0.1, 0.15) is 0 Å². The Morgan fingerprint density at radius 2 is 1.69 bits per heavy atom. The third kappa shape index (κ3) is 4.66. The van der Waals surface area contributed by atoms with Crippen molar-refractivity contribution >= 4 is 10.0 Å². The number of sulfonamides is 1. The summed E-state index contributed by atoms with van der Waals surface area (Å²) in [5, 5.41) is 10.8. The Morgan fingerprint density at radius 1 is 1.03 bits per heavy atom. The van der Waals surface area contributed by atoms with Crippen molar-refractivity contribution in [3.05, 3.63) is 65.7 Å². The van der Waals surface area contributed by atoms with Gasteiger partial charge in [0.15, 0.2) is 0 Å². The van der Waals surface area contributed by atoms with Crippen molar-refractivity contribution in [1.29, 1.82) is 0 Å². The number of hydrogen-bond acceptors (Lipinski definition) is 3. The first-order valence-electron chi connectivity index (χ1n) is 11.8. The van der Waals surface area contributed by atoms with Crippen LogP contribution in [0.5, 0.6) is 0 Å². The summed E-state index contributed by atoms with van der Waals surface area (Å²) in [6.45, 7) is 9.36. The Hall–Kier alpha value is -1.69. The van der Waals surface area contributed by atoms with Gasteiger partial charge in [-0.3, -0.25) is 0 Å². The maximum atomic E-state index is 13.6. The molecule has 2 aromatic carbocycles. The first-order chi connectivity index (χ1) is 14.9. The summed E-state index contributed by atoms with van der Waals surface area (Å²) >= 11 is 0. The van der Waals surface area contributed by atoms with E-state index in [1.54, 1.807) is 16.4 Å². The molecule has 0 aromatic heterocycles.